The Labute approximate surface area is 129 Å². The quantitative estimate of drug-likeness (QED) is 0.269. The highest BCUT2D eigenvalue weighted by Gasteiger charge is 1.95. The van der Waals surface area contributed by atoms with Gasteiger partial charge in [-0.15, -0.1) is 24.0 Å². The minimum Gasteiger partial charge on any atom is -0.382 e. The molecule has 0 aromatic heterocycles. The van der Waals surface area contributed by atoms with Gasteiger partial charge in [-0.05, 0) is 25.7 Å². The summed E-state index contributed by atoms with van der Waals surface area (Å²) in [4.78, 5) is 4.23. The molecule has 0 spiro atoms. The van der Waals surface area contributed by atoms with Crippen molar-refractivity contribution in [3.8, 4) is 0 Å². The lowest BCUT2D eigenvalue weighted by Gasteiger charge is -2.07. The van der Waals surface area contributed by atoms with Gasteiger partial charge in [-0.1, -0.05) is 26.7 Å². The van der Waals surface area contributed by atoms with Crippen LogP contribution in [0.25, 0.3) is 0 Å². The zero-order valence-corrected chi connectivity index (χ0v) is 14.4. The largest absolute Gasteiger partial charge is 0.382 e. The monoisotopic (exact) mass is 371 g/mol. The number of halogens is 1. The first-order valence-corrected chi connectivity index (χ1v) is 6.78. The summed E-state index contributed by atoms with van der Waals surface area (Å²) in [6.45, 7) is 9.70. The van der Waals surface area contributed by atoms with Crippen LogP contribution in [0.3, 0.4) is 0 Å². The molecule has 0 atom stereocenters. The van der Waals surface area contributed by atoms with E-state index in [0.29, 0.717) is 5.96 Å². The van der Waals surface area contributed by atoms with E-state index in [1.807, 2.05) is 6.92 Å². The van der Waals surface area contributed by atoms with Crippen LogP contribution in [-0.2, 0) is 4.74 Å². The molecule has 0 saturated heterocycles. The highest BCUT2D eigenvalue weighted by atomic mass is 127. The summed E-state index contributed by atoms with van der Waals surface area (Å²) in [5.74, 6) is 1.35. The summed E-state index contributed by atoms with van der Waals surface area (Å²) in [6.07, 6.45) is 4.63. The predicted molar refractivity (Wildman–Crippen MR) is 89.7 cm³/mol. The van der Waals surface area contributed by atoms with E-state index in [9.17, 15) is 0 Å². The fraction of sp³-hybridized carbons (Fsp3) is 0.923. The molecular formula is C13H30IN3O. The normalized spacial score (nSPS) is 11.4. The molecule has 0 aliphatic carbocycles. The summed E-state index contributed by atoms with van der Waals surface area (Å²) in [6, 6.07) is 0. The van der Waals surface area contributed by atoms with Crippen molar-refractivity contribution in [3.05, 3.63) is 0 Å². The van der Waals surface area contributed by atoms with Crippen molar-refractivity contribution in [2.24, 2.45) is 16.6 Å². The first-order valence-electron chi connectivity index (χ1n) is 6.78. The van der Waals surface area contributed by atoms with E-state index in [4.69, 9.17) is 10.5 Å². The molecule has 0 aliphatic heterocycles. The highest BCUT2D eigenvalue weighted by molar-refractivity contribution is 14.0. The first kappa shape index (κ1) is 20.3. The number of rotatable bonds is 10. The summed E-state index contributed by atoms with van der Waals surface area (Å²) < 4.78 is 5.22. The fourth-order valence-corrected chi connectivity index (χ4v) is 1.46. The molecule has 0 radical (unpaired) electrons. The predicted octanol–water partition coefficient (Wildman–Crippen LogP) is 2.76. The molecule has 18 heavy (non-hydrogen) atoms. The molecule has 0 rings (SSSR count). The molecule has 0 saturated carbocycles. The maximum atomic E-state index is 5.73. The lowest BCUT2D eigenvalue weighted by Crippen LogP contribution is -2.32. The molecule has 0 bridgehead atoms. The van der Waals surface area contributed by atoms with Crippen LogP contribution in [0.15, 0.2) is 4.99 Å². The maximum Gasteiger partial charge on any atom is 0.188 e. The second-order valence-corrected chi connectivity index (χ2v) is 4.63. The van der Waals surface area contributed by atoms with Gasteiger partial charge in [-0.3, -0.25) is 4.99 Å². The number of unbranched alkanes of at least 4 members (excludes halogenated alkanes) is 1. The summed E-state index contributed by atoms with van der Waals surface area (Å²) in [5.41, 5.74) is 5.73. The van der Waals surface area contributed by atoms with Gasteiger partial charge in [-0.2, -0.15) is 0 Å². The van der Waals surface area contributed by atoms with E-state index < -0.39 is 0 Å². The third-order valence-electron chi connectivity index (χ3n) is 2.45. The van der Waals surface area contributed by atoms with Gasteiger partial charge in [0.2, 0.25) is 0 Å². The number of hydrogen-bond donors (Lipinski definition) is 2. The van der Waals surface area contributed by atoms with E-state index in [0.717, 1.165) is 45.1 Å². The van der Waals surface area contributed by atoms with Gasteiger partial charge in [0, 0.05) is 26.3 Å². The number of aliphatic imine (C=N–C) groups is 1. The number of nitrogens with one attached hydrogen (secondary N) is 1. The summed E-state index contributed by atoms with van der Waals surface area (Å²) in [5, 5.41) is 3.13. The molecule has 0 aliphatic rings. The molecule has 3 N–H and O–H groups in total. The van der Waals surface area contributed by atoms with Gasteiger partial charge < -0.3 is 15.8 Å². The van der Waals surface area contributed by atoms with Crippen molar-refractivity contribution >= 4 is 29.9 Å². The van der Waals surface area contributed by atoms with Gasteiger partial charge >= 0.3 is 0 Å². The van der Waals surface area contributed by atoms with Crippen molar-refractivity contribution in [1.82, 2.24) is 5.32 Å². The third kappa shape index (κ3) is 16.0. The second kappa shape index (κ2) is 15.0. The molecule has 0 unspecified atom stereocenters. The number of nitrogens with zero attached hydrogens (tertiary/aromatic N) is 1. The zero-order valence-electron chi connectivity index (χ0n) is 12.1. The molecule has 110 valence electrons. The second-order valence-electron chi connectivity index (χ2n) is 4.63. The molecular weight excluding hydrogens is 341 g/mol. The van der Waals surface area contributed by atoms with E-state index >= 15 is 0 Å². The van der Waals surface area contributed by atoms with Crippen molar-refractivity contribution in [1.29, 1.82) is 0 Å². The summed E-state index contributed by atoms with van der Waals surface area (Å²) in [7, 11) is 0. The molecule has 0 aromatic carbocycles. The number of nitrogens with two attached hydrogens (primary N) is 1. The molecule has 0 fully saturated rings. The maximum absolute atomic E-state index is 5.73. The Hall–Kier alpha value is -0.0400. The zero-order chi connectivity index (χ0) is 12.9. The van der Waals surface area contributed by atoms with Crippen molar-refractivity contribution in [2.75, 3.05) is 26.3 Å². The average Bonchev–Trinajstić information content (AvgIpc) is 2.28. The smallest absolute Gasteiger partial charge is 0.188 e. The van der Waals surface area contributed by atoms with Gasteiger partial charge in [0.15, 0.2) is 5.96 Å². The van der Waals surface area contributed by atoms with Crippen LogP contribution in [0.4, 0.5) is 0 Å². The van der Waals surface area contributed by atoms with E-state index in [1.54, 1.807) is 0 Å². The SMILES string of the molecule is CCOCCCN=C(N)NCCCCC(C)C.I. The lowest BCUT2D eigenvalue weighted by molar-refractivity contribution is 0.146. The van der Waals surface area contributed by atoms with Crippen LogP contribution in [0.2, 0.25) is 0 Å². The Kier molecular flexibility index (Phi) is 16.9. The molecule has 4 nitrogen and oxygen atoms in total. The van der Waals surface area contributed by atoms with Gasteiger partial charge in [0.05, 0.1) is 0 Å². The van der Waals surface area contributed by atoms with Crippen LogP contribution in [-0.4, -0.2) is 32.3 Å². The Morgan fingerprint density at radius 1 is 1.28 bits per heavy atom. The van der Waals surface area contributed by atoms with E-state index in [-0.39, 0.29) is 24.0 Å². The van der Waals surface area contributed by atoms with E-state index in [1.165, 1.54) is 12.8 Å². The van der Waals surface area contributed by atoms with Crippen molar-refractivity contribution in [2.45, 2.75) is 46.5 Å². The van der Waals surface area contributed by atoms with Crippen molar-refractivity contribution in [3.63, 3.8) is 0 Å². The number of ether oxygens (including phenoxy) is 1. The molecule has 5 heteroatoms. The Bertz CT molecular complexity index is 199. The van der Waals surface area contributed by atoms with Crippen LogP contribution in [0.5, 0.6) is 0 Å². The number of guanidine groups is 1. The highest BCUT2D eigenvalue weighted by Crippen LogP contribution is 2.04. The average molecular weight is 371 g/mol. The fourth-order valence-electron chi connectivity index (χ4n) is 1.46. The van der Waals surface area contributed by atoms with Crippen LogP contribution in [0.1, 0.15) is 46.5 Å². The van der Waals surface area contributed by atoms with Gasteiger partial charge in [-0.25, -0.2) is 0 Å². The van der Waals surface area contributed by atoms with Gasteiger partial charge in [0.1, 0.15) is 0 Å². The topological polar surface area (TPSA) is 59.6 Å². The van der Waals surface area contributed by atoms with E-state index in [2.05, 4.69) is 24.2 Å². The lowest BCUT2D eigenvalue weighted by atomic mass is 10.1. The van der Waals surface area contributed by atoms with Gasteiger partial charge in [0.25, 0.3) is 0 Å². The third-order valence-corrected chi connectivity index (χ3v) is 2.45. The number of hydrogen-bond acceptors (Lipinski definition) is 2. The van der Waals surface area contributed by atoms with Crippen LogP contribution >= 0.6 is 24.0 Å². The van der Waals surface area contributed by atoms with Crippen molar-refractivity contribution < 1.29 is 4.74 Å². The minimum atomic E-state index is 0. The standard InChI is InChI=1S/C13H29N3O.HI/c1-4-17-11-7-10-16-13(14)15-9-6-5-8-12(2)3;/h12H,4-11H2,1-3H3,(H3,14,15,16);1H. The Balaban J connectivity index is 0. The van der Waals surface area contributed by atoms with Crippen LogP contribution in [0, 0.1) is 5.92 Å². The summed E-state index contributed by atoms with van der Waals surface area (Å²) >= 11 is 0. The first-order chi connectivity index (χ1) is 8.16. The molecule has 0 amide bonds. The molecule has 0 heterocycles. The minimum absolute atomic E-state index is 0. The van der Waals surface area contributed by atoms with Crippen LogP contribution < -0.4 is 11.1 Å². The molecule has 0 aromatic rings. The Morgan fingerprint density at radius 3 is 2.61 bits per heavy atom. The Morgan fingerprint density at radius 2 is 2.00 bits per heavy atom.